The SMILES string of the molecule is [SiH3]OC(CCC1CCCCC1)C1CCCC1. The van der Waals surface area contributed by atoms with Gasteiger partial charge in [0.1, 0.15) is 10.5 Å². The number of hydrogen-bond acceptors (Lipinski definition) is 1. The topological polar surface area (TPSA) is 9.23 Å². The molecule has 0 aromatic heterocycles. The van der Waals surface area contributed by atoms with Gasteiger partial charge in [0, 0.05) is 6.10 Å². The predicted molar refractivity (Wildman–Crippen MR) is 72.6 cm³/mol. The molecule has 0 radical (unpaired) electrons. The Morgan fingerprint density at radius 1 is 0.938 bits per heavy atom. The quantitative estimate of drug-likeness (QED) is 0.671. The summed E-state index contributed by atoms with van der Waals surface area (Å²) in [4.78, 5) is 0. The number of rotatable bonds is 5. The van der Waals surface area contributed by atoms with E-state index in [1.54, 1.807) is 0 Å². The molecule has 0 amide bonds. The number of hydrogen-bond donors (Lipinski definition) is 0. The van der Waals surface area contributed by atoms with Gasteiger partial charge in [0.2, 0.25) is 0 Å². The Bertz CT molecular complexity index is 183. The van der Waals surface area contributed by atoms with Gasteiger partial charge in [-0.15, -0.1) is 0 Å². The molecular weight excluding hydrogens is 212 g/mol. The van der Waals surface area contributed by atoms with Gasteiger partial charge in [-0.3, -0.25) is 0 Å². The minimum atomic E-state index is 0.635. The van der Waals surface area contributed by atoms with Gasteiger partial charge in [0.25, 0.3) is 0 Å². The molecule has 16 heavy (non-hydrogen) atoms. The fourth-order valence-corrected chi connectivity index (χ4v) is 4.37. The molecule has 0 spiro atoms. The zero-order valence-electron chi connectivity index (χ0n) is 10.9. The summed E-state index contributed by atoms with van der Waals surface area (Å²) in [5.74, 6) is 1.95. The van der Waals surface area contributed by atoms with E-state index in [1.165, 1.54) is 70.6 Å². The van der Waals surface area contributed by atoms with Crippen LogP contribution in [0.5, 0.6) is 0 Å². The standard InChI is InChI=1S/C14H28OSi/c16-15-14(13-8-4-5-9-13)11-10-12-6-2-1-3-7-12/h12-14H,1-11H2,16H3. The lowest BCUT2D eigenvalue weighted by molar-refractivity contribution is 0.127. The van der Waals surface area contributed by atoms with E-state index in [1.807, 2.05) is 0 Å². The van der Waals surface area contributed by atoms with E-state index in [4.69, 9.17) is 4.43 Å². The summed E-state index contributed by atoms with van der Waals surface area (Å²) < 4.78 is 5.86. The molecule has 0 aromatic carbocycles. The lowest BCUT2D eigenvalue weighted by atomic mass is 9.84. The van der Waals surface area contributed by atoms with Crippen LogP contribution in [-0.4, -0.2) is 16.6 Å². The van der Waals surface area contributed by atoms with Gasteiger partial charge in [0.15, 0.2) is 0 Å². The minimum Gasteiger partial charge on any atom is -0.425 e. The van der Waals surface area contributed by atoms with Gasteiger partial charge in [-0.1, -0.05) is 44.9 Å². The molecule has 2 aliphatic rings. The minimum absolute atomic E-state index is 0.635. The molecule has 2 rings (SSSR count). The molecule has 2 aliphatic carbocycles. The van der Waals surface area contributed by atoms with E-state index >= 15 is 0 Å². The summed E-state index contributed by atoms with van der Waals surface area (Å²) in [6, 6.07) is 0. The van der Waals surface area contributed by atoms with Crippen molar-refractivity contribution in [3.05, 3.63) is 0 Å². The normalized spacial score (nSPS) is 26.2. The fraction of sp³-hybridized carbons (Fsp3) is 1.00. The van der Waals surface area contributed by atoms with Crippen LogP contribution in [0, 0.1) is 11.8 Å². The first-order chi connectivity index (χ1) is 7.90. The first-order valence-corrected chi connectivity index (χ1v) is 8.24. The maximum atomic E-state index is 5.86. The van der Waals surface area contributed by atoms with Crippen molar-refractivity contribution in [2.45, 2.75) is 76.7 Å². The maximum Gasteiger partial charge on any atom is 0.146 e. The van der Waals surface area contributed by atoms with Crippen LogP contribution >= 0.6 is 0 Å². The van der Waals surface area contributed by atoms with Crippen molar-refractivity contribution in [3.63, 3.8) is 0 Å². The summed E-state index contributed by atoms with van der Waals surface area (Å²) >= 11 is 0. The largest absolute Gasteiger partial charge is 0.425 e. The molecular formula is C14H28OSi. The molecule has 0 saturated heterocycles. The smallest absolute Gasteiger partial charge is 0.146 e. The molecule has 0 aromatic rings. The molecule has 0 bridgehead atoms. The highest BCUT2D eigenvalue weighted by molar-refractivity contribution is 5.98. The van der Waals surface area contributed by atoms with Crippen LogP contribution in [0.2, 0.25) is 0 Å². The van der Waals surface area contributed by atoms with Gasteiger partial charge in [-0.2, -0.15) is 0 Å². The average molecular weight is 240 g/mol. The van der Waals surface area contributed by atoms with Gasteiger partial charge < -0.3 is 4.43 Å². The molecule has 1 atom stereocenters. The summed E-state index contributed by atoms with van der Waals surface area (Å²) in [6.45, 7) is 0. The van der Waals surface area contributed by atoms with E-state index in [0.717, 1.165) is 22.3 Å². The van der Waals surface area contributed by atoms with Crippen molar-refractivity contribution in [1.82, 2.24) is 0 Å². The Kier molecular flexibility index (Phi) is 5.37. The molecule has 0 heterocycles. The van der Waals surface area contributed by atoms with E-state index in [9.17, 15) is 0 Å². The third-order valence-corrected chi connectivity index (χ3v) is 5.42. The van der Waals surface area contributed by atoms with Crippen molar-refractivity contribution in [3.8, 4) is 0 Å². The van der Waals surface area contributed by atoms with E-state index < -0.39 is 0 Å². The Morgan fingerprint density at radius 2 is 1.56 bits per heavy atom. The zero-order chi connectivity index (χ0) is 11.2. The predicted octanol–water partition coefficient (Wildman–Crippen LogP) is 3.20. The Balaban J connectivity index is 1.69. The Hall–Kier alpha value is 0.177. The van der Waals surface area contributed by atoms with Crippen LogP contribution in [0.25, 0.3) is 0 Å². The Labute approximate surface area is 104 Å². The van der Waals surface area contributed by atoms with Crippen LogP contribution < -0.4 is 0 Å². The van der Waals surface area contributed by atoms with Gasteiger partial charge >= 0.3 is 0 Å². The first kappa shape index (κ1) is 12.6. The molecule has 1 nitrogen and oxygen atoms in total. The van der Waals surface area contributed by atoms with Crippen LogP contribution in [0.15, 0.2) is 0 Å². The fourth-order valence-electron chi connectivity index (χ4n) is 3.75. The summed E-state index contributed by atoms with van der Waals surface area (Å²) in [6.07, 6.45) is 16.7. The highest BCUT2D eigenvalue weighted by atomic mass is 28.2. The molecule has 2 fully saturated rings. The molecule has 1 unspecified atom stereocenters. The van der Waals surface area contributed by atoms with Crippen molar-refractivity contribution in [2.75, 3.05) is 0 Å². The third kappa shape index (κ3) is 3.59. The second kappa shape index (κ2) is 6.80. The average Bonchev–Trinajstić information content (AvgIpc) is 2.85. The molecule has 94 valence electrons. The van der Waals surface area contributed by atoms with Crippen LogP contribution in [0.3, 0.4) is 0 Å². The highest BCUT2D eigenvalue weighted by Crippen LogP contribution is 2.33. The highest BCUT2D eigenvalue weighted by Gasteiger charge is 2.25. The molecule has 2 heteroatoms. The maximum absolute atomic E-state index is 5.86. The first-order valence-electron chi connectivity index (χ1n) is 7.43. The third-order valence-electron chi connectivity index (χ3n) is 4.81. The van der Waals surface area contributed by atoms with E-state index in [-0.39, 0.29) is 0 Å². The summed E-state index contributed by atoms with van der Waals surface area (Å²) in [5, 5.41) is 0. The lowest BCUT2D eigenvalue weighted by Crippen LogP contribution is -2.22. The lowest BCUT2D eigenvalue weighted by Gasteiger charge is -2.27. The van der Waals surface area contributed by atoms with E-state index in [0.29, 0.717) is 6.10 Å². The van der Waals surface area contributed by atoms with Crippen LogP contribution in [0.4, 0.5) is 0 Å². The van der Waals surface area contributed by atoms with Crippen LogP contribution in [0.1, 0.15) is 70.6 Å². The van der Waals surface area contributed by atoms with Crippen molar-refractivity contribution < 1.29 is 4.43 Å². The Morgan fingerprint density at radius 3 is 2.19 bits per heavy atom. The van der Waals surface area contributed by atoms with E-state index in [2.05, 4.69) is 0 Å². The van der Waals surface area contributed by atoms with Crippen molar-refractivity contribution in [2.24, 2.45) is 11.8 Å². The molecule has 2 saturated carbocycles. The van der Waals surface area contributed by atoms with Crippen molar-refractivity contribution in [1.29, 1.82) is 0 Å². The van der Waals surface area contributed by atoms with Crippen molar-refractivity contribution >= 4 is 10.5 Å². The van der Waals surface area contributed by atoms with Crippen LogP contribution in [-0.2, 0) is 4.43 Å². The van der Waals surface area contributed by atoms with Gasteiger partial charge in [-0.05, 0) is 37.5 Å². The van der Waals surface area contributed by atoms with Gasteiger partial charge in [0.05, 0.1) is 0 Å². The second-order valence-electron chi connectivity index (χ2n) is 5.90. The molecule has 0 aliphatic heterocycles. The second-order valence-corrected chi connectivity index (χ2v) is 6.37. The molecule has 0 N–H and O–H groups in total. The monoisotopic (exact) mass is 240 g/mol. The zero-order valence-corrected chi connectivity index (χ0v) is 12.9. The summed E-state index contributed by atoms with van der Waals surface area (Å²) in [5.41, 5.74) is 0. The van der Waals surface area contributed by atoms with Gasteiger partial charge in [-0.25, -0.2) is 0 Å². The summed E-state index contributed by atoms with van der Waals surface area (Å²) in [7, 11) is 0.935.